The molecule has 180 valence electrons. The number of benzene rings is 2. The summed E-state index contributed by atoms with van der Waals surface area (Å²) in [6, 6.07) is 18.7. The van der Waals surface area contributed by atoms with Gasteiger partial charge in [0.05, 0.1) is 30.2 Å². The van der Waals surface area contributed by atoms with E-state index < -0.39 is 0 Å². The van der Waals surface area contributed by atoms with Gasteiger partial charge in [0.25, 0.3) is 5.56 Å². The minimum Gasteiger partial charge on any atom is -0.459 e. The zero-order chi connectivity index (χ0) is 24.4. The van der Waals surface area contributed by atoms with E-state index >= 15 is 0 Å². The molecule has 0 radical (unpaired) electrons. The van der Waals surface area contributed by atoms with Crippen LogP contribution in [0.15, 0.2) is 76.1 Å². The summed E-state index contributed by atoms with van der Waals surface area (Å²) in [6.45, 7) is 4.83. The van der Waals surface area contributed by atoms with Crippen LogP contribution in [0.1, 0.15) is 18.7 Å². The average molecular weight is 492 g/mol. The van der Waals surface area contributed by atoms with E-state index in [1.165, 1.54) is 4.68 Å². The van der Waals surface area contributed by atoms with Crippen molar-refractivity contribution in [2.75, 3.05) is 37.6 Å². The molecule has 1 N–H and O–H groups in total. The zero-order valence-corrected chi connectivity index (χ0v) is 20.1. The third-order valence-electron chi connectivity index (χ3n) is 6.23. The van der Waals surface area contributed by atoms with Crippen molar-refractivity contribution in [1.82, 2.24) is 20.0 Å². The van der Waals surface area contributed by atoms with Gasteiger partial charge in [-0.25, -0.2) is 0 Å². The van der Waals surface area contributed by atoms with E-state index in [4.69, 9.17) is 16.0 Å². The highest BCUT2D eigenvalue weighted by atomic mass is 35.5. The van der Waals surface area contributed by atoms with Crippen LogP contribution in [-0.4, -0.2) is 53.3 Å². The second-order valence-electron chi connectivity index (χ2n) is 8.64. The summed E-state index contributed by atoms with van der Waals surface area (Å²) in [7, 11) is 0. The minimum atomic E-state index is -0.350. The molecular weight excluding hydrogens is 466 g/mol. The maximum absolute atomic E-state index is 12.8. The number of rotatable bonds is 6. The number of aromatic nitrogens is 2. The van der Waals surface area contributed by atoms with Gasteiger partial charge in [-0.2, -0.15) is 9.78 Å². The molecule has 1 atom stereocenters. The molecule has 1 fully saturated rings. The van der Waals surface area contributed by atoms with E-state index in [0.717, 1.165) is 16.7 Å². The molecule has 2 aromatic carbocycles. The van der Waals surface area contributed by atoms with Crippen LogP contribution in [0.5, 0.6) is 0 Å². The fourth-order valence-electron chi connectivity index (χ4n) is 4.32. The zero-order valence-electron chi connectivity index (χ0n) is 19.4. The Morgan fingerprint density at radius 3 is 2.54 bits per heavy atom. The summed E-state index contributed by atoms with van der Waals surface area (Å²) in [6.07, 6.45) is 1.63. The van der Waals surface area contributed by atoms with Crippen molar-refractivity contribution < 1.29 is 9.21 Å². The molecule has 4 aromatic rings. The van der Waals surface area contributed by atoms with Crippen molar-refractivity contribution in [3.63, 3.8) is 0 Å². The smallest absolute Gasteiger partial charge is 0.292 e. The van der Waals surface area contributed by atoms with Crippen LogP contribution in [0, 0.1) is 0 Å². The number of hydrogen-bond donors (Lipinski definition) is 1. The van der Waals surface area contributed by atoms with E-state index in [-0.39, 0.29) is 22.5 Å². The number of amides is 1. The fraction of sp³-hybridized carbons (Fsp3) is 0.269. The van der Waals surface area contributed by atoms with Gasteiger partial charge in [0, 0.05) is 31.6 Å². The highest BCUT2D eigenvalue weighted by molar-refractivity contribution is 6.33. The molecule has 0 bridgehead atoms. The molecule has 3 heterocycles. The molecule has 0 saturated carbocycles. The van der Waals surface area contributed by atoms with Crippen LogP contribution >= 0.6 is 11.6 Å². The lowest BCUT2D eigenvalue weighted by Gasteiger charge is -2.35. The minimum absolute atomic E-state index is 0.0587. The van der Waals surface area contributed by atoms with Crippen molar-refractivity contribution in [2.24, 2.45) is 0 Å². The highest BCUT2D eigenvalue weighted by Gasteiger charge is 2.23. The van der Waals surface area contributed by atoms with Crippen LogP contribution in [0.25, 0.3) is 16.7 Å². The quantitative estimate of drug-likeness (QED) is 0.443. The lowest BCUT2D eigenvalue weighted by molar-refractivity contribution is -0.123. The third-order valence-corrected chi connectivity index (χ3v) is 6.59. The van der Waals surface area contributed by atoms with E-state index in [2.05, 4.69) is 15.3 Å². The molecule has 1 unspecified atom stereocenters. The molecule has 0 aliphatic carbocycles. The normalized spacial score (nSPS) is 15.3. The molecule has 1 aliphatic rings. The van der Waals surface area contributed by atoms with Crippen molar-refractivity contribution in [3.05, 3.63) is 88.0 Å². The number of furan rings is 1. The van der Waals surface area contributed by atoms with Crippen LogP contribution in [0.3, 0.4) is 0 Å². The van der Waals surface area contributed by atoms with Gasteiger partial charge in [0.15, 0.2) is 0 Å². The maximum Gasteiger partial charge on any atom is 0.292 e. The third kappa shape index (κ3) is 4.94. The Kier molecular flexibility index (Phi) is 6.57. The SMILES string of the molecule is CC(NC(=O)CN1CCN(c2cnn(-c3ccccc3)c(=O)c2Cl)CC1)c1cc2ccccc2o1. The molecule has 0 spiro atoms. The number of hydrogen-bond acceptors (Lipinski definition) is 6. The fourth-order valence-corrected chi connectivity index (χ4v) is 4.57. The van der Waals surface area contributed by atoms with Crippen LogP contribution < -0.4 is 15.8 Å². The van der Waals surface area contributed by atoms with Crippen molar-refractivity contribution >= 4 is 34.2 Å². The van der Waals surface area contributed by atoms with Crippen LogP contribution in [0.4, 0.5) is 5.69 Å². The number of fused-ring (bicyclic) bond motifs is 1. The van der Waals surface area contributed by atoms with Gasteiger partial charge in [-0.3, -0.25) is 14.5 Å². The van der Waals surface area contributed by atoms with Crippen molar-refractivity contribution in [1.29, 1.82) is 0 Å². The van der Waals surface area contributed by atoms with E-state index in [1.54, 1.807) is 6.20 Å². The van der Waals surface area contributed by atoms with Gasteiger partial charge < -0.3 is 14.6 Å². The Morgan fingerprint density at radius 1 is 1.09 bits per heavy atom. The van der Waals surface area contributed by atoms with E-state index in [9.17, 15) is 9.59 Å². The molecule has 1 saturated heterocycles. The number of carbonyl (C=O) groups excluding carboxylic acids is 1. The monoisotopic (exact) mass is 491 g/mol. The summed E-state index contributed by atoms with van der Waals surface area (Å²) in [4.78, 5) is 29.6. The highest BCUT2D eigenvalue weighted by Crippen LogP contribution is 2.24. The topological polar surface area (TPSA) is 83.6 Å². The van der Waals surface area contributed by atoms with Crippen LogP contribution in [-0.2, 0) is 4.79 Å². The Balaban J connectivity index is 1.17. The first-order valence-corrected chi connectivity index (χ1v) is 12.0. The number of piperazine rings is 1. The Morgan fingerprint density at radius 2 is 1.80 bits per heavy atom. The maximum atomic E-state index is 12.8. The van der Waals surface area contributed by atoms with Gasteiger partial charge in [0.2, 0.25) is 5.91 Å². The number of anilines is 1. The average Bonchev–Trinajstić information content (AvgIpc) is 3.31. The Hall–Kier alpha value is -3.62. The second kappa shape index (κ2) is 9.93. The number of para-hydroxylation sites is 2. The summed E-state index contributed by atoms with van der Waals surface area (Å²) in [5.41, 5.74) is 1.74. The molecule has 8 nitrogen and oxygen atoms in total. The summed E-state index contributed by atoms with van der Waals surface area (Å²) in [5, 5.41) is 8.51. The first-order chi connectivity index (χ1) is 17.0. The van der Waals surface area contributed by atoms with Gasteiger partial charge in [-0.1, -0.05) is 48.0 Å². The lowest BCUT2D eigenvalue weighted by atomic mass is 10.2. The summed E-state index contributed by atoms with van der Waals surface area (Å²) >= 11 is 6.45. The first-order valence-electron chi connectivity index (χ1n) is 11.6. The molecular formula is C26H26ClN5O3. The second-order valence-corrected chi connectivity index (χ2v) is 9.01. The number of nitrogens with zero attached hydrogens (tertiary/aromatic N) is 4. The summed E-state index contributed by atoms with van der Waals surface area (Å²) in [5.74, 6) is 0.674. The van der Waals surface area contributed by atoms with Gasteiger partial charge >= 0.3 is 0 Å². The first kappa shape index (κ1) is 23.1. The van der Waals surface area contributed by atoms with E-state index in [1.807, 2.05) is 72.5 Å². The van der Waals surface area contributed by atoms with Crippen molar-refractivity contribution in [2.45, 2.75) is 13.0 Å². The molecule has 1 aliphatic heterocycles. The molecule has 9 heteroatoms. The molecule has 5 rings (SSSR count). The molecule has 35 heavy (non-hydrogen) atoms. The lowest BCUT2D eigenvalue weighted by Crippen LogP contribution is -2.50. The molecule has 1 amide bonds. The summed E-state index contributed by atoms with van der Waals surface area (Å²) < 4.78 is 7.16. The number of carbonyl (C=O) groups is 1. The van der Waals surface area contributed by atoms with Crippen molar-refractivity contribution in [3.8, 4) is 5.69 Å². The van der Waals surface area contributed by atoms with Gasteiger partial charge in [0.1, 0.15) is 16.4 Å². The van der Waals surface area contributed by atoms with Gasteiger partial charge in [-0.05, 0) is 31.2 Å². The van der Waals surface area contributed by atoms with E-state index in [0.29, 0.717) is 44.1 Å². The number of nitrogens with one attached hydrogen (secondary N) is 1. The Labute approximate surface area is 207 Å². The Bertz CT molecular complexity index is 1360. The van der Waals surface area contributed by atoms with Gasteiger partial charge in [-0.15, -0.1) is 0 Å². The predicted molar refractivity (Wildman–Crippen MR) is 136 cm³/mol. The largest absolute Gasteiger partial charge is 0.459 e. The molecule has 2 aromatic heterocycles. The number of halogens is 1. The van der Waals surface area contributed by atoms with Crippen LogP contribution in [0.2, 0.25) is 5.02 Å². The predicted octanol–water partition coefficient (Wildman–Crippen LogP) is 3.63. The standard InChI is InChI=1S/C26H26ClN5O3/c1-18(23-15-19-7-5-6-10-22(19)35-23)29-24(33)17-30-11-13-31(14-12-30)21-16-28-32(26(34)25(21)27)20-8-3-2-4-9-20/h2-10,15-16,18H,11-14,17H2,1H3,(H,29,33).